The summed E-state index contributed by atoms with van der Waals surface area (Å²) in [6.45, 7) is 1.94. The number of halogens is 1. The molecule has 0 unspecified atom stereocenters. The van der Waals surface area contributed by atoms with Gasteiger partial charge in [-0.25, -0.2) is 0 Å². The third kappa shape index (κ3) is 0.994. The highest BCUT2D eigenvalue weighted by atomic mass is 35.5. The Balaban J connectivity index is 2.90. The Hall–Kier alpha value is -1.02. The molecule has 0 aromatic carbocycles. The van der Waals surface area contributed by atoms with Crippen LogP contribution in [0.25, 0.3) is 11.0 Å². The molecular weight excluding hydrogens is 162 g/mol. The fourth-order valence-corrected chi connectivity index (χ4v) is 1.26. The Morgan fingerprint density at radius 2 is 2.27 bits per heavy atom. The van der Waals surface area contributed by atoms with Crippen LogP contribution in [-0.2, 0) is 0 Å². The average molecular weight is 168 g/mol. The summed E-state index contributed by atoms with van der Waals surface area (Å²) in [5.74, 6) is 0. The van der Waals surface area contributed by atoms with Crippen LogP contribution < -0.4 is 0 Å². The number of rotatable bonds is 0. The van der Waals surface area contributed by atoms with Crippen LogP contribution in [0.3, 0.4) is 0 Å². The van der Waals surface area contributed by atoms with Crippen LogP contribution in [0.15, 0.2) is 22.9 Å². The highest BCUT2D eigenvalue weighted by molar-refractivity contribution is 6.29. The van der Waals surface area contributed by atoms with E-state index in [2.05, 4.69) is 4.98 Å². The minimum Gasteiger partial charge on any atom is -0.444 e. The van der Waals surface area contributed by atoms with Gasteiger partial charge in [0.2, 0.25) is 0 Å². The molecule has 0 saturated heterocycles. The normalized spacial score (nSPS) is 10.7. The Morgan fingerprint density at radius 1 is 1.45 bits per heavy atom. The van der Waals surface area contributed by atoms with Crippen molar-refractivity contribution in [1.29, 1.82) is 0 Å². The van der Waals surface area contributed by atoms with Crippen LogP contribution in [0.2, 0.25) is 5.22 Å². The summed E-state index contributed by atoms with van der Waals surface area (Å²) in [6, 6.07) is 1.76. The smallest absolute Gasteiger partial charge is 0.194 e. The molecule has 2 nitrogen and oxygen atoms in total. The van der Waals surface area contributed by atoms with Crippen molar-refractivity contribution in [3.8, 4) is 0 Å². The predicted molar refractivity (Wildman–Crippen MR) is 43.8 cm³/mol. The zero-order valence-corrected chi connectivity index (χ0v) is 6.72. The highest BCUT2D eigenvalue weighted by Crippen LogP contribution is 2.23. The Morgan fingerprint density at radius 3 is 3.00 bits per heavy atom. The lowest BCUT2D eigenvalue weighted by Crippen LogP contribution is -1.74. The van der Waals surface area contributed by atoms with Gasteiger partial charge in [0.15, 0.2) is 5.22 Å². The van der Waals surface area contributed by atoms with Gasteiger partial charge in [0.05, 0.1) is 0 Å². The fourth-order valence-electron chi connectivity index (χ4n) is 1.07. The quantitative estimate of drug-likeness (QED) is 0.603. The van der Waals surface area contributed by atoms with Gasteiger partial charge >= 0.3 is 0 Å². The fraction of sp³-hybridized carbons (Fsp3) is 0.125. The number of fused-ring (bicyclic) bond motifs is 1. The van der Waals surface area contributed by atoms with Crippen LogP contribution in [0, 0.1) is 6.92 Å². The van der Waals surface area contributed by atoms with Crippen molar-refractivity contribution in [3.05, 3.63) is 29.2 Å². The topological polar surface area (TPSA) is 26.0 Å². The first kappa shape index (κ1) is 6.68. The molecule has 2 aromatic rings. The van der Waals surface area contributed by atoms with Crippen LogP contribution >= 0.6 is 11.6 Å². The van der Waals surface area contributed by atoms with Crippen LogP contribution in [-0.4, -0.2) is 4.98 Å². The first-order chi connectivity index (χ1) is 5.27. The summed E-state index contributed by atoms with van der Waals surface area (Å²) in [5, 5.41) is 1.37. The molecule has 0 saturated carbocycles. The number of aryl methyl sites for hydroxylation is 1. The molecule has 0 radical (unpaired) electrons. The van der Waals surface area contributed by atoms with E-state index in [1.54, 1.807) is 18.5 Å². The highest BCUT2D eigenvalue weighted by Gasteiger charge is 2.02. The lowest BCUT2D eigenvalue weighted by Gasteiger charge is -1.89. The van der Waals surface area contributed by atoms with Gasteiger partial charge in [0.25, 0.3) is 0 Å². The van der Waals surface area contributed by atoms with Gasteiger partial charge in [-0.15, -0.1) is 0 Å². The van der Waals surface area contributed by atoms with E-state index in [9.17, 15) is 0 Å². The maximum absolute atomic E-state index is 5.66. The second kappa shape index (κ2) is 2.24. The Labute approximate surface area is 68.8 Å². The van der Waals surface area contributed by atoms with Crippen LogP contribution in [0.4, 0.5) is 0 Å². The van der Waals surface area contributed by atoms with E-state index in [4.69, 9.17) is 16.0 Å². The van der Waals surface area contributed by atoms with Crippen LogP contribution in [0.5, 0.6) is 0 Å². The number of aromatic nitrogens is 1. The van der Waals surface area contributed by atoms with Crippen molar-refractivity contribution < 1.29 is 4.42 Å². The molecule has 0 aliphatic heterocycles. The van der Waals surface area contributed by atoms with E-state index in [1.807, 2.05) is 6.92 Å². The summed E-state index contributed by atoms with van der Waals surface area (Å²) in [7, 11) is 0. The maximum atomic E-state index is 5.66. The molecule has 2 heterocycles. The summed E-state index contributed by atoms with van der Waals surface area (Å²) >= 11 is 5.66. The summed E-state index contributed by atoms with van der Waals surface area (Å²) in [4.78, 5) is 4.01. The van der Waals surface area contributed by atoms with Gasteiger partial charge in [-0.3, -0.25) is 4.98 Å². The zero-order chi connectivity index (χ0) is 7.84. The molecule has 56 valence electrons. The van der Waals surface area contributed by atoms with Gasteiger partial charge in [-0.1, -0.05) is 0 Å². The van der Waals surface area contributed by atoms with Crippen molar-refractivity contribution >= 4 is 22.6 Å². The van der Waals surface area contributed by atoms with Gasteiger partial charge in [0.1, 0.15) is 5.58 Å². The third-order valence-electron chi connectivity index (χ3n) is 1.57. The molecule has 0 atom stereocenters. The second-order valence-electron chi connectivity index (χ2n) is 2.43. The van der Waals surface area contributed by atoms with E-state index in [0.29, 0.717) is 5.22 Å². The monoisotopic (exact) mass is 167 g/mol. The lowest BCUT2D eigenvalue weighted by molar-refractivity contribution is 0.615. The first-order valence-electron chi connectivity index (χ1n) is 3.27. The predicted octanol–water partition coefficient (Wildman–Crippen LogP) is 2.79. The molecule has 2 rings (SSSR count). The second-order valence-corrected chi connectivity index (χ2v) is 2.80. The summed E-state index contributed by atoms with van der Waals surface area (Å²) in [5.41, 5.74) is 1.83. The standard InChI is InChI=1S/C8H6ClNO/c1-5-3-10-4-6-2-7(9)11-8(5)6/h2-4H,1H3. The lowest BCUT2D eigenvalue weighted by atomic mass is 10.2. The molecule has 2 aromatic heterocycles. The number of furan rings is 1. The van der Waals surface area contributed by atoms with Crippen molar-refractivity contribution in [3.63, 3.8) is 0 Å². The zero-order valence-electron chi connectivity index (χ0n) is 5.97. The summed E-state index contributed by atoms with van der Waals surface area (Å²) < 4.78 is 5.22. The van der Waals surface area contributed by atoms with Crippen LogP contribution in [0.1, 0.15) is 5.56 Å². The number of hydrogen-bond donors (Lipinski definition) is 0. The van der Waals surface area contributed by atoms with Gasteiger partial charge < -0.3 is 4.42 Å². The molecule has 0 N–H and O–H groups in total. The molecule has 0 aliphatic rings. The SMILES string of the molecule is Cc1cncc2cc(Cl)oc12. The van der Waals surface area contributed by atoms with Crippen molar-refractivity contribution in [2.24, 2.45) is 0 Å². The van der Waals surface area contributed by atoms with Gasteiger partial charge in [-0.2, -0.15) is 0 Å². The molecule has 11 heavy (non-hydrogen) atoms. The molecule has 0 aliphatic carbocycles. The number of nitrogens with zero attached hydrogens (tertiary/aromatic N) is 1. The maximum Gasteiger partial charge on any atom is 0.194 e. The van der Waals surface area contributed by atoms with Gasteiger partial charge in [-0.05, 0) is 18.5 Å². The molecule has 0 bridgehead atoms. The van der Waals surface area contributed by atoms with Crippen molar-refractivity contribution in [2.75, 3.05) is 0 Å². The minimum absolute atomic E-state index is 0.413. The van der Waals surface area contributed by atoms with E-state index in [-0.39, 0.29) is 0 Å². The minimum atomic E-state index is 0.413. The molecule has 0 spiro atoms. The number of hydrogen-bond acceptors (Lipinski definition) is 2. The van der Waals surface area contributed by atoms with E-state index < -0.39 is 0 Å². The van der Waals surface area contributed by atoms with Crippen molar-refractivity contribution in [2.45, 2.75) is 6.92 Å². The van der Waals surface area contributed by atoms with E-state index >= 15 is 0 Å². The molecule has 0 amide bonds. The van der Waals surface area contributed by atoms with Gasteiger partial charge in [0, 0.05) is 29.4 Å². The van der Waals surface area contributed by atoms with E-state index in [0.717, 1.165) is 16.5 Å². The first-order valence-corrected chi connectivity index (χ1v) is 3.65. The molecule has 3 heteroatoms. The van der Waals surface area contributed by atoms with Crippen molar-refractivity contribution in [1.82, 2.24) is 4.98 Å². The largest absolute Gasteiger partial charge is 0.444 e. The Kier molecular flexibility index (Phi) is 1.36. The third-order valence-corrected chi connectivity index (χ3v) is 1.76. The Bertz CT molecular complexity index is 394. The van der Waals surface area contributed by atoms with E-state index in [1.165, 1.54) is 0 Å². The number of pyridine rings is 1. The molecular formula is C8H6ClNO. The summed E-state index contributed by atoms with van der Waals surface area (Å²) in [6.07, 6.45) is 3.49. The molecule has 0 fully saturated rings. The average Bonchev–Trinajstić information content (AvgIpc) is 2.31.